The van der Waals surface area contributed by atoms with Crippen molar-refractivity contribution in [1.29, 1.82) is 0 Å². The SMILES string of the molecule is CCCc1c(C=O)cnc2nc(N)nc(N)c12. The number of aromatic nitrogens is 3. The lowest BCUT2D eigenvalue weighted by Crippen LogP contribution is -2.05. The second-order valence-corrected chi connectivity index (χ2v) is 3.73. The number of hydrogen-bond acceptors (Lipinski definition) is 6. The fraction of sp³-hybridized carbons (Fsp3) is 0.273. The van der Waals surface area contributed by atoms with E-state index in [0.29, 0.717) is 16.6 Å². The van der Waals surface area contributed by atoms with Crippen molar-refractivity contribution in [3.8, 4) is 0 Å². The van der Waals surface area contributed by atoms with Crippen LogP contribution in [-0.4, -0.2) is 21.2 Å². The van der Waals surface area contributed by atoms with Gasteiger partial charge in [0.2, 0.25) is 5.95 Å². The van der Waals surface area contributed by atoms with E-state index < -0.39 is 0 Å². The number of carbonyl (C=O) groups excluding carboxylic acids is 1. The molecule has 0 radical (unpaired) electrons. The first-order valence-electron chi connectivity index (χ1n) is 5.33. The molecule has 2 heterocycles. The lowest BCUT2D eigenvalue weighted by Gasteiger charge is -2.09. The Morgan fingerprint density at radius 3 is 2.76 bits per heavy atom. The van der Waals surface area contributed by atoms with Gasteiger partial charge in [-0.05, 0) is 12.0 Å². The van der Waals surface area contributed by atoms with E-state index in [2.05, 4.69) is 15.0 Å². The molecule has 6 nitrogen and oxygen atoms in total. The zero-order valence-corrected chi connectivity index (χ0v) is 9.47. The molecule has 6 heteroatoms. The van der Waals surface area contributed by atoms with Crippen molar-refractivity contribution in [1.82, 2.24) is 15.0 Å². The molecule has 0 bridgehead atoms. The fourth-order valence-electron chi connectivity index (χ4n) is 1.84. The van der Waals surface area contributed by atoms with Gasteiger partial charge in [0, 0.05) is 11.8 Å². The van der Waals surface area contributed by atoms with Crippen molar-refractivity contribution in [2.75, 3.05) is 11.5 Å². The predicted octanol–water partition coefficient (Wildman–Crippen LogP) is 0.954. The standard InChI is InChI=1S/C11H13N5O/c1-2-3-7-6(5-17)4-14-10-8(7)9(12)15-11(13)16-10/h4-5H,2-3H2,1H3,(H4,12,13,14,15,16). The summed E-state index contributed by atoms with van der Waals surface area (Å²) in [6.45, 7) is 2.02. The summed E-state index contributed by atoms with van der Waals surface area (Å²) in [7, 11) is 0. The molecule has 0 aliphatic rings. The van der Waals surface area contributed by atoms with Gasteiger partial charge in [-0.25, -0.2) is 4.98 Å². The Hall–Kier alpha value is -2.24. The topological polar surface area (TPSA) is 108 Å². The van der Waals surface area contributed by atoms with E-state index in [-0.39, 0.29) is 11.8 Å². The van der Waals surface area contributed by atoms with E-state index in [9.17, 15) is 4.79 Å². The van der Waals surface area contributed by atoms with Gasteiger partial charge in [-0.3, -0.25) is 4.79 Å². The molecule has 0 aliphatic carbocycles. The number of hydrogen-bond donors (Lipinski definition) is 2. The molecule has 0 saturated heterocycles. The summed E-state index contributed by atoms with van der Waals surface area (Å²) in [5.74, 6) is 0.357. The minimum absolute atomic E-state index is 0.0869. The zero-order chi connectivity index (χ0) is 12.4. The van der Waals surface area contributed by atoms with E-state index in [4.69, 9.17) is 11.5 Å². The number of aryl methyl sites for hydroxylation is 1. The van der Waals surface area contributed by atoms with Crippen molar-refractivity contribution in [3.05, 3.63) is 17.3 Å². The van der Waals surface area contributed by atoms with Crippen LogP contribution in [0.2, 0.25) is 0 Å². The van der Waals surface area contributed by atoms with Crippen LogP contribution >= 0.6 is 0 Å². The van der Waals surface area contributed by atoms with E-state index in [1.165, 1.54) is 6.20 Å². The third-order valence-corrected chi connectivity index (χ3v) is 2.54. The molecule has 0 aromatic carbocycles. The van der Waals surface area contributed by atoms with Crippen LogP contribution in [0.5, 0.6) is 0 Å². The summed E-state index contributed by atoms with van der Waals surface area (Å²) >= 11 is 0. The van der Waals surface area contributed by atoms with Crippen LogP contribution in [0, 0.1) is 0 Å². The average molecular weight is 231 g/mol. The Kier molecular flexibility index (Phi) is 2.86. The Morgan fingerprint density at radius 1 is 1.35 bits per heavy atom. The van der Waals surface area contributed by atoms with Gasteiger partial charge in [-0.1, -0.05) is 13.3 Å². The van der Waals surface area contributed by atoms with E-state index in [1.807, 2.05) is 6.92 Å². The quantitative estimate of drug-likeness (QED) is 0.761. The number of carbonyl (C=O) groups is 1. The molecule has 0 amide bonds. The third kappa shape index (κ3) is 1.89. The first-order chi connectivity index (χ1) is 8.17. The molecule has 0 spiro atoms. The molecule has 0 atom stereocenters. The summed E-state index contributed by atoms with van der Waals surface area (Å²) in [6.07, 6.45) is 3.88. The number of nitrogens with two attached hydrogens (primary N) is 2. The van der Waals surface area contributed by atoms with Crippen LogP contribution in [-0.2, 0) is 6.42 Å². The lowest BCUT2D eigenvalue weighted by atomic mass is 10.0. The smallest absolute Gasteiger partial charge is 0.224 e. The van der Waals surface area contributed by atoms with Crippen LogP contribution in [0.15, 0.2) is 6.20 Å². The van der Waals surface area contributed by atoms with Gasteiger partial charge in [0.1, 0.15) is 5.82 Å². The van der Waals surface area contributed by atoms with Crippen molar-refractivity contribution in [3.63, 3.8) is 0 Å². The number of fused-ring (bicyclic) bond motifs is 1. The minimum atomic E-state index is 0.0869. The Labute approximate surface area is 98.1 Å². The van der Waals surface area contributed by atoms with Gasteiger partial charge in [-0.15, -0.1) is 0 Å². The maximum absolute atomic E-state index is 11.0. The monoisotopic (exact) mass is 231 g/mol. The van der Waals surface area contributed by atoms with E-state index >= 15 is 0 Å². The highest BCUT2D eigenvalue weighted by molar-refractivity contribution is 5.94. The summed E-state index contributed by atoms with van der Waals surface area (Å²) in [6, 6.07) is 0. The van der Waals surface area contributed by atoms with Gasteiger partial charge in [-0.2, -0.15) is 9.97 Å². The van der Waals surface area contributed by atoms with Gasteiger partial charge >= 0.3 is 0 Å². The maximum Gasteiger partial charge on any atom is 0.224 e. The van der Waals surface area contributed by atoms with Crippen LogP contribution in [0.25, 0.3) is 11.0 Å². The van der Waals surface area contributed by atoms with E-state index in [0.717, 1.165) is 24.7 Å². The fourth-order valence-corrected chi connectivity index (χ4v) is 1.84. The molecule has 2 aromatic heterocycles. The number of rotatable bonds is 3. The second kappa shape index (κ2) is 4.32. The zero-order valence-electron chi connectivity index (χ0n) is 9.47. The van der Waals surface area contributed by atoms with Crippen LogP contribution < -0.4 is 11.5 Å². The van der Waals surface area contributed by atoms with Crippen LogP contribution in [0.1, 0.15) is 29.3 Å². The summed E-state index contributed by atoms with van der Waals surface area (Å²) < 4.78 is 0. The van der Waals surface area contributed by atoms with E-state index in [1.54, 1.807) is 0 Å². The molecule has 17 heavy (non-hydrogen) atoms. The maximum atomic E-state index is 11.0. The number of aldehydes is 1. The average Bonchev–Trinajstić information content (AvgIpc) is 2.29. The van der Waals surface area contributed by atoms with Crippen LogP contribution in [0.3, 0.4) is 0 Å². The van der Waals surface area contributed by atoms with Crippen molar-refractivity contribution >= 4 is 29.1 Å². The summed E-state index contributed by atoms with van der Waals surface area (Å²) in [5.41, 5.74) is 13.1. The summed E-state index contributed by atoms with van der Waals surface area (Å²) in [5, 5.41) is 0.630. The highest BCUT2D eigenvalue weighted by Crippen LogP contribution is 2.24. The minimum Gasteiger partial charge on any atom is -0.383 e. The summed E-state index contributed by atoms with van der Waals surface area (Å²) in [4.78, 5) is 23.0. The molecule has 88 valence electrons. The predicted molar refractivity (Wildman–Crippen MR) is 65.5 cm³/mol. The lowest BCUT2D eigenvalue weighted by molar-refractivity contribution is 0.112. The third-order valence-electron chi connectivity index (χ3n) is 2.54. The first-order valence-corrected chi connectivity index (χ1v) is 5.33. The molecular formula is C11H13N5O. The van der Waals surface area contributed by atoms with Crippen LogP contribution in [0.4, 0.5) is 11.8 Å². The largest absolute Gasteiger partial charge is 0.383 e. The van der Waals surface area contributed by atoms with Crippen molar-refractivity contribution < 1.29 is 4.79 Å². The Bertz CT molecular complexity index is 582. The van der Waals surface area contributed by atoms with Gasteiger partial charge in [0.15, 0.2) is 11.9 Å². The highest BCUT2D eigenvalue weighted by atomic mass is 16.1. The number of nitrogens with zero attached hydrogens (tertiary/aromatic N) is 3. The van der Waals surface area contributed by atoms with Gasteiger partial charge < -0.3 is 11.5 Å². The number of pyridine rings is 1. The van der Waals surface area contributed by atoms with Crippen molar-refractivity contribution in [2.45, 2.75) is 19.8 Å². The molecule has 0 aliphatic heterocycles. The second-order valence-electron chi connectivity index (χ2n) is 3.73. The number of anilines is 2. The molecule has 0 fully saturated rings. The van der Waals surface area contributed by atoms with Crippen molar-refractivity contribution in [2.24, 2.45) is 0 Å². The molecule has 0 unspecified atom stereocenters. The molecule has 2 rings (SSSR count). The molecule has 4 N–H and O–H groups in total. The molecule has 2 aromatic rings. The normalized spacial score (nSPS) is 10.6. The Balaban J connectivity index is 2.83. The molecular weight excluding hydrogens is 218 g/mol. The first kappa shape index (κ1) is 11.3. The van der Waals surface area contributed by atoms with Gasteiger partial charge in [0.05, 0.1) is 5.39 Å². The molecule has 0 saturated carbocycles. The highest BCUT2D eigenvalue weighted by Gasteiger charge is 2.13. The van der Waals surface area contributed by atoms with Gasteiger partial charge in [0.25, 0.3) is 0 Å². The Morgan fingerprint density at radius 2 is 2.12 bits per heavy atom. The number of nitrogen functional groups attached to an aromatic ring is 2.